The molecule has 3 aromatic carbocycles. The van der Waals surface area contributed by atoms with Crippen LogP contribution in [0.15, 0.2) is 66.7 Å². The largest absolute Gasteiger partial charge is 0.446 e. The summed E-state index contributed by atoms with van der Waals surface area (Å²) in [6, 6.07) is 16.1. The second-order valence-electron chi connectivity index (χ2n) is 6.27. The van der Waals surface area contributed by atoms with Crippen LogP contribution in [0.5, 0.6) is 5.75 Å². The molecule has 0 aliphatic carbocycles. The van der Waals surface area contributed by atoms with Gasteiger partial charge in [0.05, 0.1) is 17.8 Å². The molecule has 0 aliphatic rings. The normalized spacial score (nSPS) is 11.1. The van der Waals surface area contributed by atoms with Crippen molar-refractivity contribution in [2.24, 2.45) is 0 Å². The highest BCUT2D eigenvalue weighted by Crippen LogP contribution is 2.31. The molecule has 10 heteroatoms. The first-order valence-electron chi connectivity index (χ1n) is 9.02. The van der Waals surface area contributed by atoms with Gasteiger partial charge in [0.25, 0.3) is 0 Å². The van der Waals surface area contributed by atoms with Crippen LogP contribution in [0.4, 0.5) is 28.4 Å². The number of hydrogen-bond donors (Lipinski definition) is 2. The molecule has 0 aliphatic heterocycles. The van der Waals surface area contributed by atoms with Crippen LogP contribution in [0.25, 0.3) is 10.8 Å². The van der Waals surface area contributed by atoms with Crippen LogP contribution in [0.1, 0.15) is 5.56 Å². The van der Waals surface area contributed by atoms with Gasteiger partial charge in [0.15, 0.2) is 0 Å². The van der Waals surface area contributed by atoms with Crippen LogP contribution in [0.2, 0.25) is 0 Å². The number of hydroxylamine groups is 1. The molecule has 2 amide bonds. The van der Waals surface area contributed by atoms with Crippen molar-refractivity contribution in [3.63, 3.8) is 0 Å². The molecule has 0 unspecified atom stereocenters. The molecule has 7 nitrogen and oxygen atoms in total. The zero-order valence-electron chi connectivity index (χ0n) is 15.9. The Morgan fingerprint density at radius 1 is 1.00 bits per heavy atom. The fourth-order valence-corrected chi connectivity index (χ4v) is 2.69. The Morgan fingerprint density at radius 3 is 2.48 bits per heavy atom. The molecular weight excluding hydrogens is 417 g/mol. The first-order valence-corrected chi connectivity index (χ1v) is 9.02. The van der Waals surface area contributed by atoms with Crippen molar-refractivity contribution >= 4 is 28.6 Å². The van der Waals surface area contributed by atoms with Gasteiger partial charge in [-0.1, -0.05) is 42.5 Å². The van der Waals surface area contributed by atoms with Crippen LogP contribution >= 0.6 is 0 Å². The van der Waals surface area contributed by atoms with Crippen LogP contribution in [-0.2, 0) is 10.9 Å². The molecule has 3 rings (SSSR count). The van der Waals surface area contributed by atoms with Gasteiger partial charge in [0, 0.05) is 5.39 Å². The lowest BCUT2D eigenvalue weighted by atomic mass is 10.1. The number of halogens is 3. The lowest BCUT2D eigenvalue weighted by Gasteiger charge is -2.16. The van der Waals surface area contributed by atoms with E-state index in [1.54, 1.807) is 24.3 Å². The number of anilines is 1. The molecule has 3 aromatic rings. The van der Waals surface area contributed by atoms with Crippen LogP contribution < -0.4 is 15.1 Å². The Morgan fingerprint density at radius 2 is 1.71 bits per heavy atom. The number of carbonyl (C=O) groups excluding carboxylic acids is 2. The average molecular weight is 434 g/mol. The van der Waals surface area contributed by atoms with E-state index in [1.165, 1.54) is 0 Å². The summed E-state index contributed by atoms with van der Waals surface area (Å²) in [6.07, 6.45) is -6.72. The third kappa shape index (κ3) is 5.64. The maximum Gasteiger partial charge on any atom is 0.438 e. The van der Waals surface area contributed by atoms with Gasteiger partial charge in [-0.2, -0.15) is 18.2 Å². The molecule has 0 atom stereocenters. The quantitative estimate of drug-likeness (QED) is 0.336. The van der Waals surface area contributed by atoms with Crippen LogP contribution in [-0.4, -0.2) is 30.5 Å². The number of nitrogens with one attached hydrogen (secondary N) is 1. The summed E-state index contributed by atoms with van der Waals surface area (Å²) in [6.45, 7) is -0.495. The molecule has 0 spiro atoms. The summed E-state index contributed by atoms with van der Waals surface area (Å²) in [7, 11) is 0. The summed E-state index contributed by atoms with van der Waals surface area (Å²) in [5.41, 5.74) is -1.45. The summed E-state index contributed by atoms with van der Waals surface area (Å²) in [5, 5.41) is 13.7. The Kier molecular flexibility index (Phi) is 6.61. The topological polar surface area (TPSA) is 88.1 Å². The van der Waals surface area contributed by atoms with E-state index < -0.39 is 29.6 Å². The summed E-state index contributed by atoms with van der Waals surface area (Å²) < 4.78 is 48.2. The second-order valence-corrected chi connectivity index (χ2v) is 6.27. The third-order valence-electron chi connectivity index (χ3n) is 4.14. The number of amides is 2. The van der Waals surface area contributed by atoms with E-state index in [0.29, 0.717) is 11.8 Å². The van der Waals surface area contributed by atoms with E-state index >= 15 is 0 Å². The van der Waals surface area contributed by atoms with Gasteiger partial charge in [0.2, 0.25) is 0 Å². The van der Waals surface area contributed by atoms with Crippen LogP contribution in [0, 0.1) is 0 Å². The number of benzene rings is 3. The van der Waals surface area contributed by atoms with E-state index in [4.69, 9.17) is 9.47 Å². The molecular formula is C21H17F3N2O5. The lowest BCUT2D eigenvalue weighted by molar-refractivity contribution is -0.137. The smallest absolute Gasteiger partial charge is 0.438 e. The van der Waals surface area contributed by atoms with Crippen molar-refractivity contribution in [2.75, 3.05) is 18.2 Å². The van der Waals surface area contributed by atoms with Crippen molar-refractivity contribution in [3.05, 3.63) is 72.3 Å². The minimum absolute atomic E-state index is 0.0519. The minimum Gasteiger partial charge on any atom is -0.446 e. The van der Waals surface area contributed by atoms with Crippen LogP contribution in [0.3, 0.4) is 0 Å². The fourth-order valence-electron chi connectivity index (χ4n) is 2.69. The Balaban J connectivity index is 1.48. The summed E-state index contributed by atoms with van der Waals surface area (Å²) in [4.78, 5) is 23.8. The Bertz CT molecular complexity index is 1080. The second kappa shape index (κ2) is 9.35. The Hall–Kier alpha value is -3.79. The third-order valence-corrected chi connectivity index (χ3v) is 4.14. The molecule has 31 heavy (non-hydrogen) atoms. The van der Waals surface area contributed by atoms with Crippen molar-refractivity contribution < 1.29 is 37.4 Å². The monoisotopic (exact) mass is 434 g/mol. The first kappa shape index (κ1) is 21.9. The van der Waals surface area contributed by atoms with Gasteiger partial charge in [-0.05, 0) is 29.7 Å². The zero-order chi connectivity index (χ0) is 22.4. The summed E-state index contributed by atoms with van der Waals surface area (Å²) >= 11 is 0. The van der Waals surface area contributed by atoms with Crippen molar-refractivity contribution in [2.45, 2.75) is 6.18 Å². The number of alkyl halides is 3. The number of hydrogen-bond acceptors (Lipinski definition) is 5. The molecule has 2 N–H and O–H groups in total. The lowest BCUT2D eigenvalue weighted by Crippen LogP contribution is -2.33. The van der Waals surface area contributed by atoms with E-state index in [2.05, 4.69) is 5.32 Å². The minimum atomic E-state index is -4.63. The van der Waals surface area contributed by atoms with Gasteiger partial charge < -0.3 is 14.8 Å². The number of rotatable bonds is 5. The fraction of sp³-hybridized carbons (Fsp3) is 0.143. The highest BCUT2D eigenvalue weighted by atomic mass is 19.4. The van der Waals surface area contributed by atoms with E-state index in [-0.39, 0.29) is 18.2 Å². The number of ether oxygens (including phenoxy) is 2. The number of nitrogens with zero attached hydrogens (tertiary/aromatic N) is 1. The van der Waals surface area contributed by atoms with Crippen molar-refractivity contribution in [1.29, 1.82) is 0 Å². The average Bonchev–Trinajstić information content (AvgIpc) is 2.76. The molecule has 0 fully saturated rings. The maximum atomic E-state index is 12.7. The Labute approximate surface area is 174 Å². The molecule has 0 radical (unpaired) electrons. The molecule has 0 heterocycles. The van der Waals surface area contributed by atoms with Gasteiger partial charge in [-0.15, -0.1) is 0 Å². The number of fused-ring (bicyclic) bond motifs is 1. The predicted molar refractivity (Wildman–Crippen MR) is 105 cm³/mol. The predicted octanol–water partition coefficient (Wildman–Crippen LogP) is 4.98. The maximum absolute atomic E-state index is 12.7. The van der Waals surface area contributed by atoms with Crippen molar-refractivity contribution in [1.82, 2.24) is 5.32 Å². The molecule has 162 valence electrons. The van der Waals surface area contributed by atoms with E-state index in [9.17, 15) is 28.0 Å². The SMILES string of the molecule is O=C(NCCOC(=O)N(O)c1cccc(C(F)(F)F)c1)Oc1cccc2ccccc12. The van der Waals surface area contributed by atoms with Crippen molar-refractivity contribution in [3.8, 4) is 5.75 Å². The highest BCUT2D eigenvalue weighted by Gasteiger charge is 2.31. The zero-order valence-corrected chi connectivity index (χ0v) is 15.9. The summed E-state index contributed by atoms with van der Waals surface area (Å²) in [5.74, 6) is 0.346. The van der Waals surface area contributed by atoms with Gasteiger partial charge in [-0.3, -0.25) is 5.21 Å². The number of carbonyl (C=O) groups is 2. The van der Waals surface area contributed by atoms with Gasteiger partial charge in [-0.25, -0.2) is 9.59 Å². The molecule has 0 saturated heterocycles. The molecule has 0 bridgehead atoms. The molecule has 0 saturated carbocycles. The van der Waals surface area contributed by atoms with E-state index in [0.717, 1.165) is 29.0 Å². The van der Waals surface area contributed by atoms with Gasteiger partial charge in [0.1, 0.15) is 12.4 Å². The molecule has 0 aromatic heterocycles. The first-order chi connectivity index (χ1) is 14.8. The standard InChI is InChI=1S/C21H17F3N2O5/c22-21(23,24)15-7-4-8-16(13-15)26(29)20(28)30-12-11-25-19(27)31-18-10-3-6-14-5-1-2-9-17(14)18/h1-10,13,29H,11-12H2,(H,25,27). The highest BCUT2D eigenvalue weighted by molar-refractivity contribution is 5.90. The van der Waals surface area contributed by atoms with E-state index in [1.807, 2.05) is 18.2 Å². The van der Waals surface area contributed by atoms with Gasteiger partial charge >= 0.3 is 18.4 Å².